The van der Waals surface area contributed by atoms with Gasteiger partial charge in [0.15, 0.2) is 0 Å². The van der Waals surface area contributed by atoms with E-state index in [4.69, 9.17) is 10.6 Å². The molecule has 0 aromatic heterocycles. The van der Waals surface area contributed by atoms with E-state index < -0.39 is 5.60 Å². The standard InChI is InChI=1S/C24H42N2O3/c1-22-10-7-19(27)16-18(22)4-5-21-20(22)8-11-23(2)17(6-12-24(21,23)28)9-14-26-29-15-3-13-25/h14,17-21,27-28H,3-13,15-16,25H2,1-2H3/t17-,18-,19+,20+,21-,22+,23-,24+/m1/s1. The molecule has 0 aromatic rings. The van der Waals surface area contributed by atoms with Gasteiger partial charge in [0.1, 0.15) is 6.61 Å². The minimum atomic E-state index is -0.543. The molecule has 29 heavy (non-hydrogen) atoms. The normalized spacial score (nSPS) is 49.5. The van der Waals surface area contributed by atoms with E-state index in [0.717, 1.165) is 57.8 Å². The molecule has 5 nitrogen and oxygen atoms in total. The maximum Gasteiger partial charge on any atom is 0.118 e. The first-order valence-corrected chi connectivity index (χ1v) is 12.1. The van der Waals surface area contributed by atoms with Gasteiger partial charge >= 0.3 is 0 Å². The Morgan fingerprint density at radius 2 is 1.90 bits per heavy atom. The van der Waals surface area contributed by atoms with E-state index in [2.05, 4.69) is 19.0 Å². The Morgan fingerprint density at radius 1 is 1.07 bits per heavy atom. The van der Waals surface area contributed by atoms with Crippen LogP contribution in [-0.2, 0) is 4.84 Å². The molecule has 4 N–H and O–H groups in total. The fourth-order valence-electron chi connectivity index (χ4n) is 8.12. The monoisotopic (exact) mass is 406 g/mol. The van der Waals surface area contributed by atoms with Gasteiger partial charge in [-0.2, -0.15) is 0 Å². The van der Waals surface area contributed by atoms with Crippen molar-refractivity contribution in [2.45, 2.75) is 96.2 Å². The molecular formula is C24H42N2O3. The average molecular weight is 407 g/mol. The molecule has 0 spiro atoms. The second-order valence-corrected chi connectivity index (χ2v) is 11.0. The van der Waals surface area contributed by atoms with E-state index >= 15 is 0 Å². The van der Waals surface area contributed by atoms with E-state index in [1.165, 1.54) is 12.8 Å². The molecule has 4 saturated carbocycles. The van der Waals surface area contributed by atoms with E-state index in [0.29, 0.717) is 42.2 Å². The highest BCUT2D eigenvalue weighted by molar-refractivity contribution is 5.57. The zero-order valence-electron chi connectivity index (χ0n) is 18.5. The molecule has 166 valence electrons. The number of rotatable bonds is 6. The van der Waals surface area contributed by atoms with Crippen molar-refractivity contribution in [1.82, 2.24) is 0 Å². The third kappa shape index (κ3) is 3.45. The molecular weight excluding hydrogens is 364 g/mol. The zero-order valence-corrected chi connectivity index (χ0v) is 18.5. The summed E-state index contributed by atoms with van der Waals surface area (Å²) in [6.45, 7) is 6.04. The van der Waals surface area contributed by atoms with Crippen molar-refractivity contribution in [1.29, 1.82) is 0 Å². The van der Waals surface area contributed by atoms with Crippen molar-refractivity contribution in [3.63, 3.8) is 0 Å². The number of hydrogen-bond acceptors (Lipinski definition) is 5. The minimum absolute atomic E-state index is 0.0190. The smallest absolute Gasteiger partial charge is 0.118 e. The van der Waals surface area contributed by atoms with Gasteiger partial charge in [-0.3, -0.25) is 0 Å². The molecule has 0 bridgehead atoms. The summed E-state index contributed by atoms with van der Waals surface area (Å²) in [6, 6.07) is 0. The van der Waals surface area contributed by atoms with Crippen molar-refractivity contribution in [3.8, 4) is 0 Å². The Labute approximate surface area is 176 Å². The number of oxime groups is 1. The molecule has 0 saturated heterocycles. The number of aliphatic hydroxyl groups excluding tert-OH is 1. The van der Waals surface area contributed by atoms with Crippen LogP contribution in [0.25, 0.3) is 0 Å². The van der Waals surface area contributed by atoms with E-state index in [-0.39, 0.29) is 11.5 Å². The first kappa shape index (κ1) is 21.6. The van der Waals surface area contributed by atoms with Crippen LogP contribution in [0.4, 0.5) is 0 Å². The molecule has 0 aromatic carbocycles. The fourth-order valence-corrected chi connectivity index (χ4v) is 8.12. The Balaban J connectivity index is 1.46. The molecule has 0 radical (unpaired) electrons. The predicted octanol–water partition coefficient (Wildman–Crippen LogP) is 3.86. The summed E-state index contributed by atoms with van der Waals surface area (Å²) in [5, 5.41) is 26.5. The van der Waals surface area contributed by atoms with Crippen LogP contribution in [0.3, 0.4) is 0 Å². The molecule has 4 aliphatic rings. The van der Waals surface area contributed by atoms with Crippen molar-refractivity contribution < 1.29 is 15.1 Å². The first-order valence-electron chi connectivity index (χ1n) is 12.1. The van der Waals surface area contributed by atoms with Crippen LogP contribution >= 0.6 is 0 Å². The number of nitrogens with two attached hydrogens (primary N) is 1. The van der Waals surface area contributed by atoms with Crippen LogP contribution in [0.15, 0.2) is 5.16 Å². The van der Waals surface area contributed by atoms with Gasteiger partial charge in [-0.05, 0) is 112 Å². The molecule has 0 amide bonds. The van der Waals surface area contributed by atoms with Crippen molar-refractivity contribution in [2.24, 2.45) is 45.4 Å². The van der Waals surface area contributed by atoms with Gasteiger partial charge in [0.25, 0.3) is 0 Å². The fraction of sp³-hybridized carbons (Fsp3) is 0.958. The SMILES string of the molecule is C[C@]12CC[C@H](O)C[C@H]1CC[C@@H]1[C@@H]2CC[C@]2(C)[C@@H](CC=NOCCCN)CC[C@]12O. The van der Waals surface area contributed by atoms with E-state index in [9.17, 15) is 10.2 Å². The van der Waals surface area contributed by atoms with Crippen LogP contribution in [0.5, 0.6) is 0 Å². The molecule has 5 heteroatoms. The van der Waals surface area contributed by atoms with Gasteiger partial charge in [-0.25, -0.2) is 0 Å². The van der Waals surface area contributed by atoms with Crippen molar-refractivity contribution >= 4 is 6.21 Å². The molecule has 4 rings (SSSR count). The number of hydrogen-bond donors (Lipinski definition) is 3. The lowest BCUT2D eigenvalue weighted by molar-refractivity contribution is -0.209. The summed E-state index contributed by atoms with van der Waals surface area (Å²) < 4.78 is 0. The summed E-state index contributed by atoms with van der Waals surface area (Å²) in [5.41, 5.74) is 5.23. The zero-order chi connectivity index (χ0) is 20.7. The predicted molar refractivity (Wildman–Crippen MR) is 115 cm³/mol. The maximum atomic E-state index is 12.1. The third-order valence-corrected chi connectivity index (χ3v) is 10.00. The lowest BCUT2D eigenvalue weighted by Gasteiger charge is -2.63. The summed E-state index contributed by atoms with van der Waals surface area (Å²) in [6.07, 6.45) is 13.2. The molecule has 0 aliphatic heterocycles. The summed E-state index contributed by atoms with van der Waals surface area (Å²) >= 11 is 0. The Bertz CT molecular complexity index is 613. The summed E-state index contributed by atoms with van der Waals surface area (Å²) in [5.74, 6) is 2.14. The highest BCUT2D eigenvalue weighted by atomic mass is 16.6. The molecule has 8 atom stereocenters. The van der Waals surface area contributed by atoms with Gasteiger partial charge in [-0.15, -0.1) is 0 Å². The highest BCUT2D eigenvalue weighted by Gasteiger charge is 2.66. The second kappa shape index (κ2) is 8.12. The van der Waals surface area contributed by atoms with Crippen LogP contribution in [-0.4, -0.2) is 41.3 Å². The van der Waals surface area contributed by atoms with Gasteiger partial charge < -0.3 is 20.8 Å². The van der Waals surface area contributed by atoms with Crippen LogP contribution in [0, 0.1) is 34.5 Å². The maximum absolute atomic E-state index is 12.1. The van der Waals surface area contributed by atoms with Crippen molar-refractivity contribution in [3.05, 3.63) is 0 Å². The summed E-state index contributed by atoms with van der Waals surface area (Å²) in [4.78, 5) is 5.30. The first-order chi connectivity index (χ1) is 13.8. The number of aliphatic hydroxyl groups is 2. The molecule has 0 heterocycles. The molecule has 4 fully saturated rings. The largest absolute Gasteiger partial charge is 0.396 e. The van der Waals surface area contributed by atoms with Crippen molar-refractivity contribution in [2.75, 3.05) is 13.2 Å². The highest BCUT2D eigenvalue weighted by Crippen LogP contribution is 2.69. The van der Waals surface area contributed by atoms with Crippen LogP contribution in [0.2, 0.25) is 0 Å². The number of fused-ring (bicyclic) bond motifs is 5. The van der Waals surface area contributed by atoms with E-state index in [1.54, 1.807) is 0 Å². The van der Waals surface area contributed by atoms with E-state index in [1.807, 2.05) is 6.21 Å². The van der Waals surface area contributed by atoms with Gasteiger partial charge in [0.05, 0.1) is 11.7 Å². The number of nitrogens with zero attached hydrogens (tertiary/aromatic N) is 1. The topological polar surface area (TPSA) is 88.1 Å². The quantitative estimate of drug-likeness (QED) is 0.355. The minimum Gasteiger partial charge on any atom is -0.396 e. The van der Waals surface area contributed by atoms with Crippen LogP contribution in [0.1, 0.15) is 84.5 Å². The van der Waals surface area contributed by atoms with Crippen LogP contribution < -0.4 is 5.73 Å². The molecule has 4 aliphatic carbocycles. The summed E-state index contributed by atoms with van der Waals surface area (Å²) in [7, 11) is 0. The Kier molecular flexibility index (Phi) is 6.04. The third-order valence-electron chi connectivity index (χ3n) is 10.00. The Hall–Kier alpha value is -0.650. The molecule has 0 unspecified atom stereocenters. The lowest BCUT2D eigenvalue weighted by Crippen LogP contribution is -2.62. The lowest BCUT2D eigenvalue weighted by atomic mass is 9.43. The average Bonchev–Trinajstić information content (AvgIpc) is 2.96. The van der Waals surface area contributed by atoms with Gasteiger partial charge in [0, 0.05) is 6.21 Å². The van der Waals surface area contributed by atoms with Gasteiger partial charge in [0.2, 0.25) is 0 Å². The second-order valence-electron chi connectivity index (χ2n) is 11.0. The van der Waals surface area contributed by atoms with Gasteiger partial charge in [-0.1, -0.05) is 19.0 Å². The Morgan fingerprint density at radius 3 is 2.69 bits per heavy atom.